The van der Waals surface area contributed by atoms with Gasteiger partial charge in [0.25, 0.3) is 5.91 Å². The van der Waals surface area contributed by atoms with Crippen LogP contribution in [-0.2, 0) is 12.0 Å². The number of thiazole rings is 1. The minimum atomic E-state index is -4.49. The summed E-state index contributed by atoms with van der Waals surface area (Å²) in [6, 6.07) is 9.17. The van der Waals surface area contributed by atoms with Crippen LogP contribution in [0, 0.1) is 6.92 Å². The average molecular weight is 514 g/mol. The van der Waals surface area contributed by atoms with E-state index in [2.05, 4.69) is 10.3 Å². The molecule has 3 aromatic rings. The number of alkyl halides is 3. The summed E-state index contributed by atoms with van der Waals surface area (Å²) in [5.74, 6) is -0.258. The number of nitrogens with zero attached hydrogens (tertiary/aromatic N) is 2. The first-order valence-electron chi connectivity index (χ1n) is 10.1. The van der Waals surface area contributed by atoms with Gasteiger partial charge in [-0.15, -0.1) is 11.3 Å². The van der Waals surface area contributed by atoms with E-state index in [4.69, 9.17) is 23.2 Å². The zero-order valence-electron chi connectivity index (χ0n) is 17.5. The van der Waals surface area contributed by atoms with E-state index >= 15 is 0 Å². The van der Waals surface area contributed by atoms with Crippen molar-refractivity contribution >= 4 is 46.1 Å². The summed E-state index contributed by atoms with van der Waals surface area (Å²) >= 11 is 13.5. The normalized spacial score (nSPS) is 18.5. The number of amides is 1. The van der Waals surface area contributed by atoms with Crippen molar-refractivity contribution in [3.63, 3.8) is 0 Å². The van der Waals surface area contributed by atoms with Crippen LogP contribution >= 0.6 is 34.5 Å². The molecule has 0 aliphatic carbocycles. The monoisotopic (exact) mass is 513 g/mol. The molecule has 2 aromatic carbocycles. The molecule has 1 fully saturated rings. The minimum Gasteiger partial charge on any atom is -0.370 e. The first-order chi connectivity index (χ1) is 15.6. The van der Waals surface area contributed by atoms with Crippen LogP contribution in [0.5, 0.6) is 0 Å². The van der Waals surface area contributed by atoms with Crippen LogP contribution in [0.25, 0.3) is 0 Å². The van der Waals surface area contributed by atoms with E-state index in [9.17, 15) is 18.0 Å². The number of carbonyl (C=O) groups excluding carboxylic acids is 1. The van der Waals surface area contributed by atoms with Crippen LogP contribution in [0.4, 0.5) is 18.9 Å². The third kappa shape index (κ3) is 4.83. The van der Waals surface area contributed by atoms with E-state index in [0.717, 1.165) is 5.69 Å². The maximum atomic E-state index is 14.3. The van der Waals surface area contributed by atoms with Crippen molar-refractivity contribution in [3.05, 3.63) is 79.7 Å². The maximum Gasteiger partial charge on any atom is 0.400 e. The zero-order valence-corrected chi connectivity index (χ0v) is 19.9. The quantitative estimate of drug-likeness (QED) is 0.429. The molecular formula is C23H20Cl2F3N3OS. The zero-order chi connectivity index (χ0) is 23.8. The number of halogens is 5. The van der Waals surface area contributed by atoms with Gasteiger partial charge >= 0.3 is 6.18 Å². The van der Waals surface area contributed by atoms with Gasteiger partial charge in [-0.25, -0.2) is 4.98 Å². The lowest BCUT2D eigenvalue weighted by molar-refractivity contribution is -0.184. The molecule has 2 heterocycles. The van der Waals surface area contributed by atoms with Crippen molar-refractivity contribution in [1.29, 1.82) is 0 Å². The van der Waals surface area contributed by atoms with Crippen molar-refractivity contribution < 1.29 is 18.0 Å². The molecule has 174 valence electrons. The molecule has 0 spiro atoms. The molecule has 4 nitrogen and oxygen atoms in total. The number of aromatic nitrogens is 1. The summed E-state index contributed by atoms with van der Waals surface area (Å²) in [5.41, 5.74) is 2.21. The molecule has 33 heavy (non-hydrogen) atoms. The van der Waals surface area contributed by atoms with Crippen molar-refractivity contribution in [2.75, 3.05) is 18.0 Å². The Bertz CT molecular complexity index is 1150. The molecule has 1 saturated heterocycles. The van der Waals surface area contributed by atoms with Gasteiger partial charge in [-0.3, -0.25) is 4.79 Å². The van der Waals surface area contributed by atoms with Crippen LogP contribution in [0.2, 0.25) is 10.0 Å². The van der Waals surface area contributed by atoms with Crippen LogP contribution in [0.3, 0.4) is 0 Å². The van der Waals surface area contributed by atoms with Crippen molar-refractivity contribution in [1.82, 2.24) is 10.3 Å². The summed E-state index contributed by atoms with van der Waals surface area (Å²) in [5, 5.41) is 5.00. The highest BCUT2D eigenvalue weighted by Crippen LogP contribution is 2.49. The number of anilines is 1. The number of nitrogens with one attached hydrogen (secondary N) is 1. The first-order valence-corrected chi connectivity index (χ1v) is 11.8. The molecule has 0 saturated carbocycles. The lowest BCUT2D eigenvalue weighted by Gasteiger charge is -2.33. The molecule has 1 amide bonds. The number of hydrogen-bond donors (Lipinski definition) is 1. The highest BCUT2D eigenvalue weighted by molar-refractivity contribution is 7.07. The number of carbonyl (C=O) groups is 1. The van der Waals surface area contributed by atoms with E-state index in [1.165, 1.54) is 29.5 Å². The fourth-order valence-electron chi connectivity index (χ4n) is 4.18. The molecule has 1 aliphatic rings. The molecule has 4 rings (SSSR count). The highest BCUT2D eigenvalue weighted by atomic mass is 35.5. The van der Waals surface area contributed by atoms with Crippen molar-refractivity contribution in [2.45, 2.75) is 31.5 Å². The van der Waals surface area contributed by atoms with Crippen LogP contribution in [0.15, 0.2) is 47.3 Å². The van der Waals surface area contributed by atoms with E-state index in [0.29, 0.717) is 23.4 Å². The SMILES string of the molecule is Cc1cc(N2CCC(c3cc(Cl)cc(Cl)c3)(C(F)(F)F)C2)ccc1C(=O)NCc1cscn1. The molecule has 0 radical (unpaired) electrons. The fourth-order valence-corrected chi connectivity index (χ4v) is 5.27. The van der Waals surface area contributed by atoms with Gasteiger partial charge in [0.2, 0.25) is 0 Å². The van der Waals surface area contributed by atoms with Crippen molar-refractivity contribution in [2.24, 2.45) is 0 Å². The molecule has 1 aliphatic heterocycles. The second kappa shape index (κ2) is 9.16. The summed E-state index contributed by atoms with van der Waals surface area (Å²) in [7, 11) is 0. The Morgan fingerprint density at radius 2 is 1.94 bits per heavy atom. The Morgan fingerprint density at radius 3 is 2.55 bits per heavy atom. The summed E-state index contributed by atoms with van der Waals surface area (Å²) in [6.45, 7) is 2.03. The van der Waals surface area contributed by atoms with Gasteiger partial charge < -0.3 is 10.2 Å². The third-order valence-electron chi connectivity index (χ3n) is 5.96. The van der Waals surface area contributed by atoms with Crippen molar-refractivity contribution in [3.8, 4) is 0 Å². The predicted octanol–water partition coefficient (Wildman–Crippen LogP) is 6.40. The molecular weight excluding hydrogens is 494 g/mol. The van der Waals surface area contributed by atoms with E-state index in [1.54, 1.807) is 35.5 Å². The van der Waals surface area contributed by atoms with Gasteiger partial charge in [0, 0.05) is 39.8 Å². The number of aryl methyl sites for hydroxylation is 1. The Kier molecular flexibility index (Phi) is 6.62. The topological polar surface area (TPSA) is 45.2 Å². The van der Waals surface area contributed by atoms with Crippen LogP contribution in [0.1, 0.15) is 33.6 Å². The van der Waals surface area contributed by atoms with Gasteiger partial charge in [-0.2, -0.15) is 13.2 Å². The summed E-state index contributed by atoms with van der Waals surface area (Å²) in [6.07, 6.45) is -4.61. The molecule has 1 atom stereocenters. The van der Waals surface area contributed by atoms with Gasteiger partial charge in [-0.1, -0.05) is 23.2 Å². The predicted molar refractivity (Wildman–Crippen MR) is 125 cm³/mol. The van der Waals surface area contributed by atoms with Crippen LogP contribution in [-0.4, -0.2) is 30.2 Å². The summed E-state index contributed by atoms with van der Waals surface area (Å²) in [4.78, 5) is 18.4. The Hall–Kier alpha value is -2.29. The molecule has 1 aromatic heterocycles. The molecule has 1 N–H and O–H groups in total. The van der Waals surface area contributed by atoms with Gasteiger partial charge in [0.15, 0.2) is 0 Å². The van der Waals surface area contributed by atoms with Gasteiger partial charge in [0.1, 0.15) is 5.41 Å². The smallest absolute Gasteiger partial charge is 0.370 e. The lowest BCUT2D eigenvalue weighted by atomic mass is 9.79. The highest BCUT2D eigenvalue weighted by Gasteiger charge is 2.59. The van der Waals surface area contributed by atoms with Gasteiger partial charge in [0.05, 0.1) is 17.7 Å². The molecule has 0 bridgehead atoms. The number of hydrogen-bond acceptors (Lipinski definition) is 4. The maximum absolute atomic E-state index is 14.3. The van der Waals surface area contributed by atoms with Crippen LogP contribution < -0.4 is 10.2 Å². The molecule has 1 unspecified atom stereocenters. The van der Waals surface area contributed by atoms with Gasteiger partial charge in [-0.05, 0) is 60.9 Å². The Morgan fingerprint density at radius 1 is 1.21 bits per heavy atom. The second-order valence-electron chi connectivity index (χ2n) is 8.07. The fraction of sp³-hybridized carbons (Fsp3) is 0.304. The average Bonchev–Trinajstić information content (AvgIpc) is 3.41. The Labute approximate surface area is 203 Å². The lowest BCUT2D eigenvalue weighted by Crippen LogP contribution is -2.44. The minimum absolute atomic E-state index is 0.0600. The van der Waals surface area contributed by atoms with E-state index in [1.807, 2.05) is 5.38 Å². The van der Waals surface area contributed by atoms with E-state index < -0.39 is 11.6 Å². The Balaban J connectivity index is 1.56. The number of benzene rings is 2. The third-order valence-corrected chi connectivity index (χ3v) is 7.03. The first kappa shape index (κ1) is 23.9. The number of rotatable bonds is 5. The standard InChI is InChI=1S/C23H20Cl2F3N3OS/c1-14-6-19(2-3-20(14)21(32)29-10-18-11-33-13-30-18)31-5-4-22(12-31,23(26,27)28)15-7-16(24)9-17(25)8-15/h2-3,6-9,11,13H,4-5,10,12H2,1H3,(H,29,32). The second-order valence-corrected chi connectivity index (χ2v) is 9.66. The summed E-state index contributed by atoms with van der Waals surface area (Å²) < 4.78 is 43.0. The largest absolute Gasteiger partial charge is 0.400 e. The molecule has 10 heteroatoms. The van der Waals surface area contributed by atoms with E-state index in [-0.39, 0.29) is 41.0 Å².